The summed E-state index contributed by atoms with van der Waals surface area (Å²) in [6, 6.07) is 14.2. The molecule has 0 amide bonds. The van der Waals surface area contributed by atoms with Gasteiger partial charge in [0.25, 0.3) is 0 Å². The molecule has 0 saturated carbocycles. The van der Waals surface area contributed by atoms with Crippen LogP contribution in [0, 0.1) is 0 Å². The minimum absolute atomic E-state index is 0.547. The Morgan fingerprint density at radius 3 is 1.65 bits per heavy atom. The van der Waals surface area contributed by atoms with Crippen molar-refractivity contribution in [2.24, 2.45) is 0 Å². The van der Waals surface area contributed by atoms with Gasteiger partial charge in [-0.05, 0) is 12.1 Å². The van der Waals surface area contributed by atoms with Crippen LogP contribution in [0.2, 0.25) is 0 Å². The Morgan fingerprint density at radius 1 is 0.900 bits per heavy atom. The number of benzene rings is 2. The average Bonchev–Trinajstić information content (AvgIpc) is 2.48. The number of aliphatic carboxylic acids is 1. The summed E-state index contributed by atoms with van der Waals surface area (Å²) in [4.78, 5) is 11.7. The van der Waals surface area contributed by atoms with Gasteiger partial charge < -0.3 is 14.6 Å². The highest BCUT2D eigenvalue weighted by atomic mass is 16.5. The lowest BCUT2D eigenvalue weighted by molar-refractivity contribution is -0.137. The van der Waals surface area contributed by atoms with Crippen molar-refractivity contribution in [2.75, 3.05) is 14.2 Å². The van der Waals surface area contributed by atoms with Crippen LogP contribution in [0.25, 0.3) is 0 Å². The van der Waals surface area contributed by atoms with E-state index in [1.165, 1.54) is 14.2 Å². The normalized spacial score (nSPS) is 10.3. The Labute approximate surface area is 117 Å². The molecule has 0 aliphatic carbocycles. The first-order valence-corrected chi connectivity index (χ1v) is 6.17. The molecule has 0 atom stereocenters. The largest absolute Gasteiger partial charge is 0.496 e. The Balaban J connectivity index is 2.60. The third kappa shape index (κ3) is 2.59. The predicted molar refractivity (Wildman–Crippen MR) is 75.5 cm³/mol. The van der Waals surface area contributed by atoms with Crippen LogP contribution in [0.5, 0.6) is 11.5 Å². The smallest absolute Gasteiger partial charge is 0.315 e. The molecule has 20 heavy (non-hydrogen) atoms. The molecule has 2 aromatic carbocycles. The lowest BCUT2D eigenvalue weighted by Gasteiger charge is -2.18. The van der Waals surface area contributed by atoms with E-state index in [-0.39, 0.29) is 0 Å². The maximum absolute atomic E-state index is 11.7. The van der Waals surface area contributed by atoms with Crippen molar-refractivity contribution in [3.8, 4) is 11.5 Å². The summed E-state index contributed by atoms with van der Waals surface area (Å²) in [5.74, 6) is -0.682. The molecule has 4 nitrogen and oxygen atoms in total. The Morgan fingerprint density at radius 2 is 1.30 bits per heavy atom. The first-order valence-electron chi connectivity index (χ1n) is 6.17. The number of rotatable bonds is 5. The highest BCUT2D eigenvalue weighted by Crippen LogP contribution is 2.36. The summed E-state index contributed by atoms with van der Waals surface area (Å²) in [7, 11) is 3.06. The molecule has 0 fully saturated rings. The zero-order valence-electron chi connectivity index (χ0n) is 11.4. The van der Waals surface area contributed by atoms with Gasteiger partial charge in [0, 0.05) is 11.1 Å². The van der Waals surface area contributed by atoms with E-state index in [2.05, 4.69) is 0 Å². The average molecular weight is 272 g/mol. The van der Waals surface area contributed by atoms with Gasteiger partial charge in [-0.15, -0.1) is 0 Å². The third-order valence-electron chi connectivity index (χ3n) is 3.15. The van der Waals surface area contributed by atoms with Crippen LogP contribution in [0.1, 0.15) is 17.0 Å². The van der Waals surface area contributed by atoms with Crippen molar-refractivity contribution < 1.29 is 19.4 Å². The van der Waals surface area contributed by atoms with Gasteiger partial charge in [0.2, 0.25) is 0 Å². The number of ether oxygens (including phenoxy) is 2. The van der Waals surface area contributed by atoms with E-state index < -0.39 is 11.9 Å². The minimum atomic E-state index is -0.945. The second kappa shape index (κ2) is 6.10. The van der Waals surface area contributed by atoms with Crippen LogP contribution < -0.4 is 9.47 Å². The van der Waals surface area contributed by atoms with E-state index in [0.717, 1.165) is 0 Å². The Bertz CT molecular complexity index is 559. The van der Waals surface area contributed by atoms with E-state index in [9.17, 15) is 9.90 Å². The van der Waals surface area contributed by atoms with E-state index in [4.69, 9.17) is 9.47 Å². The first kappa shape index (κ1) is 13.9. The molecular weight excluding hydrogens is 256 g/mol. The zero-order chi connectivity index (χ0) is 14.5. The number of carboxylic acid groups (broad SMARTS) is 1. The molecule has 0 aliphatic heterocycles. The number of hydrogen-bond donors (Lipinski definition) is 1. The molecule has 104 valence electrons. The van der Waals surface area contributed by atoms with Gasteiger partial charge in [-0.25, -0.2) is 0 Å². The van der Waals surface area contributed by atoms with Crippen LogP contribution in [0.15, 0.2) is 48.5 Å². The van der Waals surface area contributed by atoms with Crippen LogP contribution in [0.4, 0.5) is 0 Å². The van der Waals surface area contributed by atoms with Crippen molar-refractivity contribution in [1.82, 2.24) is 0 Å². The second-order valence-corrected chi connectivity index (χ2v) is 4.26. The number of para-hydroxylation sites is 2. The van der Waals surface area contributed by atoms with E-state index in [1.54, 1.807) is 36.4 Å². The van der Waals surface area contributed by atoms with Crippen LogP contribution in [-0.4, -0.2) is 25.3 Å². The highest BCUT2D eigenvalue weighted by molar-refractivity contribution is 5.82. The van der Waals surface area contributed by atoms with Crippen molar-refractivity contribution in [3.63, 3.8) is 0 Å². The summed E-state index contributed by atoms with van der Waals surface area (Å²) < 4.78 is 10.5. The summed E-state index contributed by atoms with van der Waals surface area (Å²) in [5, 5.41) is 9.61. The molecule has 2 rings (SSSR count). The van der Waals surface area contributed by atoms with Gasteiger partial charge in [-0.2, -0.15) is 0 Å². The number of methoxy groups -OCH3 is 2. The van der Waals surface area contributed by atoms with Crippen LogP contribution in [0.3, 0.4) is 0 Å². The van der Waals surface area contributed by atoms with E-state index >= 15 is 0 Å². The topological polar surface area (TPSA) is 55.8 Å². The second-order valence-electron chi connectivity index (χ2n) is 4.26. The third-order valence-corrected chi connectivity index (χ3v) is 3.15. The van der Waals surface area contributed by atoms with Crippen molar-refractivity contribution in [3.05, 3.63) is 59.7 Å². The first-order chi connectivity index (χ1) is 9.69. The van der Waals surface area contributed by atoms with Gasteiger partial charge in [0.15, 0.2) is 0 Å². The van der Waals surface area contributed by atoms with Gasteiger partial charge in [0.1, 0.15) is 17.4 Å². The van der Waals surface area contributed by atoms with Gasteiger partial charge in [-0.1, -0.05) is 36.4 Å². The van der Waals surface area contributed by atoms with Gasteiger partial charge in [0.05, 0.1) is 14.2 Å². The van der Waals surface area contributed by atoms with E-state index in [0.29, 0.717) is 22.6 Å². The minimum Gasteiger partial charge on any atom is -0.496 e. The molecular formula is C16H16O4. The quantitative estimate of drug-likeness (QED) is 0.909. The van der Waals surface area contributed by atoms with Crippen molar-refractivity contribution in [2.45, 2.75) is 5.92 Å². The number of hydrogen-bond acceptors (Lipinski definition) is 3. The maximum atomic E-state index is 11.7. The maximum Gasteiger partial charge on any atom is 0.315 e. The molecule has 0 heterocycles. The summed E-state index contributed by atoms with van der Waals surface area (Å²) in [5.41, 5.74) is 1.21. The van der Waals surface area contributed by atoms with Crippen LogP contribution >= 0.6 is 0 Å². The molecule has 0 bridgehead atoms. The molecule has 0 unspecified atom stereocenters. The monoisotopic (exact) mass is 272 g/mol. The fourth-order valence-electron chi connectivity index (χ4n) is 2.24. The molecule has 0 spiro atoms. The SMILES string of the molecule is COc1ccccc1C(C(=O)O)c1ccccc1OC. The zero-order valence-corrected chi connectivity index (χ0v) is 11.4. The lowest BCUT2D eigenvalue weighted by atomic mass is 9.90. The van der Waals surface area contributed by atoms with Gasteiger partial charge in [-0.3, -0.25) is 4.79 Å². The van der Waals surface area contributed by atoms with Gasteiger partial charge >= 0.3 is 5.97 Å². The van der Waals surface area contributed by atoms with Crippen LogP contribution in [-0.2, 0) is 4.79 Å². The standard InChI is InChI=1S/C16H16O4/c1-19-13-9-5-3-7-11(13)15(16(17)18)12-8-4-6-10-14(12)20-2/h3-10,15H,1-2H3,(H,17,18). The highest BCUT2D eigenvalue weighted by Gasteiger charge is 2.27. The molecule has 1 N–H and O–H groups in total. The molecule has 0 radical (unpaired) electrons. The Hall–Kier alpha value is -2.49. The summed E-state index contributed by atoms with van der Waals surface area (Å²) in [6.45, 7) is 0. The predicted octanol–water partition coefficient (Wildman–Crippen LogP) is 2.92. The number of carboxylic acids is 1. The number of carbonyl (C=O) groups is 1. The molecule has 0 aromatic heterocycles. The fourth-order valence-corrected chi connectivity index (χ4v) is 2.24. The molecule has 0 saturated heterocycles. The van der Waals surface area contributed by atoms with E-state index in [1.807, 2.05) is 12.1 Å². The molecule has 4 heteroatoms. The van der Waals surface area contributed by atoms with Crippen molar-refractivity contribution >= 4 is 5.97 Å². The fraction of sp³-hybridized carbons (Fsp3) is 0.188. The lowest BCUT2D eigenvalue weighted by Crippen LogP contribution is -2.15. The molecule has 0 aliphatic rings. The summed E-state index contributed by atoms with van der Waals surface area (Å²) in [6.07, 6.45) is 0. The summed E-state index contributed by atoms with van der Waals surface area (Å²) >= 11 is 0. The Kier molecular flexibility index (Phi) is 4.25. The van der Waals surface area contributed by atoms with Crippen molar-refractivity contribution in [1.29, 1.82) is 0 Å². The molecule has 2 aromatic rings.